The molecule has 1 aliphatic carbocycles. The first-order valence-corrected chi connectivity index (χ1v) is 6.01. The summed E-state index contributed by atoms with van der Waals surface area (Å²) in [5.41, 5.74) is 7.86. The van der Waals surface area contributed by atoms with Crippen molar-refractivity contribution in [1.29, 1.82) is 0 Å². The Labute approximate surface area is 102 Å². The summed E-state index contributed by atoms with van der Waals surface area (Å²) in [6, 6.07) is 7.94. The smallest absolute Gasteiger partial charge is 0.224 e. The lowest BCUT2D eigenvalue weighted by molar-refractivity contribution is -0.124. The Morgan fingerprint density at radius 2 is 1.88 bits per heavy atom. The Balaban J connectivity index is 1.90. The van der Waals surface area contributed by atoms with Gasteiger partial charge in [-0.2, -0.15) is 0 Å². The van der Waals surface area contributed by atoms with Crippen LogP contribution in [0, 0.1) is 5.92 Å². The van der Waals surface area contributed by atoms with Crippen LogP contribution in [-0.2, 0) is 17.9 Å². The standard InChI is InChI=1S/C14H18N2O/c15-9-12-7-3-4-8-13(12)10-16-14(17)11-5-1-2-6-11/h1-4,7-8,11H,5-6,9-10,15H2,(H,16,17). The molecule has 3 N–H and O–H groups in total. The van der Waals surface area contributed by atoms with Gasteiger partial charge in [0.2, 0.25) is 5.91 Å². The molecule has 0 spiro atoms. The van der Waals surface area contributed by atoms with Gasteiger partial charge in [-0.05, 0) is 24.0 Å². The summed E-state index contributed by atoms with van der Waals surface area (Å²) in [5.74, 6) is 0.266. The Hall–Kier alpha value is -1.61. The molecular weight excluding hydrogens is 212 g/mol. The molecule has 17 heavy (non-hydrogen) atoms. The third kappa shape index (κ3) is 2.94. The molecule has 1 amide bonds. The predicted molar refractivity (Wildman–Crippen MR) is 68.0 cm³/mol. The van der Waals surface area contributed by atoms with Gasteiger partial charge in [0.05, 0.1) is 0 Å². The molecule has 2 rings (SSSR count). The SMILES string of the molecule is NCc1ccccc1CNC(=O)C1CC=CC1. The average molecular weight is 230 g/mol. The first kappa shape index (κ1) is 11.9. The zero-order chi connectivity index (χ0) is 12.1. The summed E-state index contributed by atoms with van der Waals surface area (Å²) in [7, 11) is 0. The lowest BCUT2D eigenvalue weighted by Crippen LogP contribution is -2.29. The molecule has 1 aliphatic rings. The molecule has 0 fully saturated rings. The van der Waals surface area contributed by atoms with Gasteiger partial charge >= 0.3 is 0 Å². The molecule has 0 unspecified atom stereocenters. The molecule has 1 aromatic carbocycles. The van der Waals surface area contributed by atoms with Crippen molar-refractivity contribution in [3.63, 3.8) is 0 Å². The maximum atomic E-state index is 11.8. The number of carbonyl (C=O) groups excluding carboxylic acids is 1. The number of benzene rings is 1. The van der Waals surface area contributed by atoms with Gasteiger partial charge in [0, 0.05) is 19.0 Å². The van der Waals surface area contributed by atoms with Crippen LogP contribution in [0.25, 0.3) is 0 Å². The van der Waals surface area contributed by atoms with Gasteiger partial charge in [0.25, 0.3) is 0 Å². The Morgan fingerprint density at radius 1 is 1.24 bits per heavy atom. The largest absolute Gasteiger partial charge is 0.352 e. The van der Waals surface area contributed by atoms with E-state index in [4.69, 9.17) is 5.73 Å². The van der Waals surface area contributed by atoms with E-state index in [-0.39, 0.29) is 11.8 Å². The zero-order valence-corrected chi connectivity index (χ0v) is 9.86. The van der Waals surface area contributed by atoms with E-state index in [9.17, 15) is 4.79 Å². The number of amides is 1. The monoisotopic (exact) mass is 230 g/mol. The number of allylic oxidation sites excluding steroid dienone is 2. The normalized spacial score (nSPS) is 15.1. The van der Waals surface area contributed by atoms with E-state index in [1.54, 1.807) is 0 Å². The summed E-state index contributed by atoms with van der Waals surface area (Å²) in [6.07, 6.45) is 5.87. The predicted octanol–water partition coefficient (Wildman–Crippen LogP) is 1.73. The minimum absolute atomic E-state index is 0.125. The molecule has 0 atom stereocenters. The second kappa shape index (κ2) is 5.64. The average Bonchev–Trinajstić information content (AvgIpc) is 2.90. The third-order valence-electron chi connectivity index (χ3n) is 3.17. The summed E-state index contributed by atoms with van der Waals surface area (Å²) in [4.78, 5) is 11.8. The van der Waals surface area contributed by atoms with Crippen LogP contribution in [0.1, 0.15) is 24.0 Å². The molecule has 0 saturated carbocycles. The first-order valence-electron chi connectivity index (χ1n) is 6.01. The van der Waals surface area contributed by atoms with Gasteiger partial charge in [-0.3, -0.25) is 4.79 Å². The van der Waals surface area contributed by atoms with Crippen LogP contribution in [0.2, 0.25) is 0 Å². The fraction of sp³-hybridized carbons (Fsp3) is 0.357. The Morgan fingerprint density at radius 3 is 2.53 bits per heavy atom. The van der Waals surface area contributed by atoms with Gasteiger partial charge in [-0.1, -0.05) is 36.4 Å². The summed E-state index contributed by atoms with van der Waals surface area (Å²) >= 11 is 0. The highest BCUT2D eigenvalue weighted by Gasteiger charge is 2.18. The van der Waals surface area contributed by atoms with Crippen LogP contribution in [0.3, 0.4) is 0 Å². The topological polar surface area (TPSA) is 55.1 Å². The highest BCUT2D eigenvalue weighted by Crippen LogP contribution is 2.18. The molecule has 0 bridgehead atoms. The van der Waals surface area contributed by atoms with Gasteiger partial charge in [0.15, 0.2) is 0 Å². The minimum atomic E-state index is 0.125. The molecule has 3 nitrogen and oxygen atoms in total. The van der Waals surface area contributed by atoms with E-state index in [1.165, 1.54) is 0 Å². The fourth-order valence-electron chi connectivity index (χ4n) is 2.09. The molecule has 0 heterocycles. The van der Waals surface area contributed by atoms with Crippen molar-refractivity contribution >= 4 is 5.91 Å². The molecule has 0 aliphatic heterocycles. The van der Waals surface area contributed by atoms with Crippen LogP contribution < -0.4 is 11.1 Å². The van der Waals surface area contributed by atoms with E-state index in [0.29, 0.717) is 13.1 Å². The van der Waals surface area contributed by atoms with Crippen LogP contribution in [0.15, 0.2) is 36.4 Å². The summed E-state index contributed by atoms with van der Waals surface area (Å²) in [5, 5.41) is 2.98. The number of hydrogen-bond donors (Lipinski definition) is 2. The van der Waals surface area contributed by atoms with E-state index in [2.05, 4.69) is 17.5 Å². The molecule has 0 saturated heterocycles. The number of nitrogens with one attached hydrogen (secondary N) is 1. The zero-order valence-electron chi connectivity index (χ0n) is 9.86. The highest BCUT2D eigenvalue weighted by molar-refractivity contribution is 5.79. The van der Waals surface area contributed by atoms with Gasteiger partial charge in [-0.25, -0.2) is 0 Å². The number of hydrogen-bond acceptors (Lipinski definition) is 2. The number of nitrogens with two attached hydrogens (primary N) is 1. The van der Waals surface area contributed by atoms with Crippen molar-refractivity contribution in [2.24, 2.45) is 11.7 Å². The van der Waals surface area contributed by atoms with E-state index < -0.39 is 0 Å². The Bertz CT molecular complexity index is 418. The van der Waals surface area contributed by atoms with Crippen LogP contribution >= 0.6 is 0 Å². The summed E-state index contributed by atoms with van der Waals surface area (Å²) < 4.78 is 0. The fourth-order valence-corrected chi connectivity index (χ4v) is 2.09. The van der Waals surface area contributed by atoms with Crippen LogP contribution in [-0.4, -0.2) is 5.91 Å². The van der Waals surface area contributed by atoms with Gasteiger partial charge in [-0.15, -0.1) is 0 Å². The summed E-state index contributed by atoms with van der Waals surface area (Å²) in [6.45, 7) is 1.08. The number of rotatable bonds is 4. The second-order valence-corrected chi connectivity index (χ2v) is 4.33. The lowest BCUT2D eigenvalue weighted by atomic mass is 10.1. The maximum Gasteiger partial charge on any atom is 0.224 e. The molecule has 1 aromatic rings. The molecular formula is C14H18N2O. The van der Waals surface area contributed by atoms with Crippen molar-refractivity contribution < 1.29 is 4.79 Å². The van der Waals surface area contributed by atoms with E-state index >= 15 is 0 Å². The van der Waals surface area contributed by atoms with Gasteiger partial charge in [0.1, 0.15) is 0 Å². The van der Waals surface area contributed by atoms with Crippen molar-refractivity contribution in [1.82, 2.24) is 5.32 Å². The van der Waals surface area contributed by atoms with Crippen LogP contribution in [0.4, 0.5) is 0 Å². The van der Waals surface area contributed by atoms with Crippen molar-refractivity contribution in [3.8, 4) is 0 Å². The van der Waals surface area contributed by atoms with Crippen molar-refractivity contribution in [3.05, 3.63) is 47.5 Å². The highest BCUT2D eigenvalue weighted by atomic mass is 16.1. The van der Waals surface area contributed by atoms with E-state index in [0.717, 1.165) is 24.0 Å². The Kier molecular flexibility index (Phi) is 3.94. The molecule has 0 radical (unpaired) electrons. The first-order chi connectivity index (χ1) is 8.31. The molecule has 3 heteroatoms. The third-order valence-corrected chi connectivity index (χ3v) is 3.17. The molecule has 0 aromatic heterocycles. The second-order valence-electron chi connectivity index (χ2n) is 4.33. The van der Waals surface area contributed by atoms with Crippen LogP contribution in [0.5, 0.6) is 0 Å². The minimum Gasteiger partial charge on any atom is -0.352 e. The quantitative estimate of drug-likeness (QED) is 0.774. The van der Waals surface area contributed by atoms with Crippen molar-refractivity contribution in [2.45, 2.75) is 25.9 Å². The maximum absolute atomic E-state index is 11.8. The number of carbonyl (C=O) groups is 1. The van der Waals surface area contributed by atoms with Crippen molar-refractivity contribution in [2.75, 3.05) is 0 Å². The lowest BCUT2D eigenvalue weighted by Gasteiger charge is -2.12. The van der Waals surface area contributed by atoms with E-state index in [1.807, 2.05) is 24.3 Å². The van der Waals surface area contributed by atoms with Gasteiger partial charge < -0.3 is 11.1 Å². The molecule has 90 valence electrons.